The van der Waals surface area contributed by atoms with Gasteiger partial charge in [-0.1, -0.05) is 18.3 Å². The third-order valence-corrected chi connectivity index (χ3v) is 2.16. The first kappa shape index (κ1) is 11.5. The van der Waals surface area contributed by atoms with Crippen molar-refractivity contribution >= 4 is 11.7 Å². The van der Waals surface area contributed by atoms with Crippen molar-refractivity contribution in [3.63, 3.8) is 0 Å². The Balaban J connectivity index is 2.44. The predicted octanol–water partition coefficient (Wildman–Crippen LogP) is 1.02. The van der Waals surface area contributed by atoms with Crippen molar-refractivity contribution in [3.05, 3.63) is 24.5 Å². The molecule has 1 aliphatic heterocycles. The van der Waals surface area contributed by atoms with Crippen LogP contribution < -0.4 is 5.73 Å². The summed E-state index contributed by atoms with van der Waals surface area (Å²) in [7, 11) is 0. The summed E-state index contributed by atoms with van der Waals surface area (Å²) < 4.78 is 0. The van der Waals surface area contributed by atoms with E-state index in [0.29, 0.717) is 25.0 Å². The van der Waals surface area contributed by atoms with E-state index in [0.717, 1.165) is 11.3 Å². The van der Waals surface area contributed by atoms with Crippen LogP contribution in [0, 0.1) is 0 Å². The van der Waals surface area contributed by atoms with Gasteiger partial charge in [0.15, 0.2) is 5.76 Å². The van der Waals surface area contributed by atoms with Gasteiger partial charge in [-0.25, -0.2) is 0 Å². The van der Waals surface area contributed by atoms with Crippen molar-refractivity contribution in [3.8, 4) is 0 Å². The van der Waals surface area contributed by atoms with Gasteiger partial charge in [-0.3, -0.25) is 4.79 Å². The molecule has 0 saturated heterocycles. The summed E-state index contributed by atoms with van der Waals surface area (Å²) >= 11 is 0. The largest absolute Gasteiger partial charge is 0.480 e. The molecule has 5 nitrogen and oxygen atoms in total. The molecule has 0 aromatic carbocycles. The maximum atomic E-state index is 10.5. The van der Waals surface area contributed by atoms with E-state index >= 15 is 0 Å². The summed E-state index contributed by atoms with van der Waals surface area (Å²) in [6, 6.07) is -0.855. The van der Waals surface area contributed by atoms with Crippen LogP contribution in [0.1, 0.15) is 19.3 Å². The monoisotopic (exact) mass is 210 g/mol. The van der Waals surface area contributed by atoms with E-state index in [1.54, 1.807) is 0 Å². The SMILES string of the molecule is C=C1CC(CC[C@H](N)C(=O)O)=NOC1=C. The Morgan fingerprint density at radius 2 is 2.33 bits per heavy atom. The smallest absolute Gasteiger partial charge is 0.320 e. The zero-order valence-electron chi connectivity index (χ0n) is 8.40. The Morgan fingerprint density at radius 3 is 2.87 bits per heavy atom. The van der Waals surface area contributed by atoms with Gasteiger partial charge < -0.3 is 15.7 Å². The molecule has 0 saturated carbocycles. The summed E-state index contributed by atoms with van der Waals surface area (Å²) in [5.74, 6) is -0.545. The summed E-state index contributed by atoms with van der Waals surface area (Å²) in [5.41, 5.74) is 6.88. The highest BCUT2D eigenvalue weighted by Gasteiger charge is 2.17. The molecule has 0 radical (unpaired) electrons. The van der Waals surface area contributed by atoms with Crippen LogP contribution in [0.15, 0.2) is 29.6 Å². The summed E-state index contributed by atoms with van der Waals surface area (Å²) in [5, 5.41) is 12.4. The second-order valence-corrected chi connectivity index (χ2v) is 3.44. The van der Waals surface area contributed by atoms with Crippen LogP contribution in [0.2, 0.25) is 0 Å². The number of carbonyl (C=O) groups is 1. The van der Waals surface area contributed by atoms with Gasteiger partial charge in [0, 0.05) is 6.42 Å². The molecule has 1 aliphatic rings. The normalized spacial score (nSPS) is 18.1. The van der Waals surface area contributed by atoms with E-state index in [1.807, 2.05) is 0 Å². The molecule has 15 heavy (non-hydrogen) atoms. The van der Waals surface area contributed by atoms with E-state index < -0.39 is 12.0 Å². The average molecular weight is 210 g/mol. The lowest BCUT2D eigenvalue weighted by molar-refractivity contribution is -0.138. The number of aliphatic carboxylic acids is 1. The third-order valence-electron chi connectivity index (χ3n) is 2.16. The van der Waals surface area contributed by atoms with Crippen LogP contribution in [0.25, 0.3) is 0 Å². The maximum absolute atomic E-state index is 10.5. The number of nitrogens with zero attached hydrogens (tertiary/aromatic N) is 1. The van der Waals surface area contributed by atoms with Crippen molar-refractivity contribution in [2.75, 3.05) is 0 Å². The lowest BCUT2D eigenvalue weighted by Crippen LogP contribution is -2.30. The van der Waals surface area contributed by atoms with Crippen LogP contribution in [0.3, 0.4) is 0 Å². The molecule has 0 amide bonds. The van der Waals surface area contributed by atoms with Gasteiger partial charge in [-0.2, -0.15) is 0 Å². The Labute approximate surface area is 87.9 Å². The number of carboxylic acid groups (broad SMARTS) is 1. The highest BCUT2D eigenvalue weighted by molar-refractivity contribution is 5.88. The lowest BCUT2D eigenvalue weighted by atomic mass is 10.0. The fourth-order valence-corrected chi connectivity index (χ4v) is 1.14. The zero-order valence-corrected chi connectivity index (χ0v) is 8.40. The van der Waals surface area contributed by atoms with Crippen molar-refractivity contribution in [2.24, 2.45) is 10.9 Å². The minimum atomic E-state index is -1.00. The molecular formula is C10H14N2O3. The van der Waals surface area contributed by atoms with E-state index in [-0.39, 0.29) is 0 Å². The van der Waals surface area contributed by atoms with Gasteiger partial charge in [-0.05, 0) is 18.4 Å². The second-order valence-electron chi connectivity index (χ2n) is 3.44. The van der Waals surface area contributed by atoms with Crippen LogP contribution in [-0.4, -0.2) is 22.8 Å². The molecule has 82 valence electrons. The number of hydrogen-bond donors (Lipinski definition) is 2. The number of hydrogen-bond acceptors (Lipinski definition) is 4. The molecule has 1 heterocycles. The van der Waals surface area contributed by atoms with Gasteiger partial charge in [0.05, 0.1) is 5.71 Å². The van der Waals surface area contributed by atoms with Gasteiger partial charge in [0.1, 0.15) is 6.04 Å². The van der Waals surface area contributed by atoms with Crippen molar-refractivity contribution < 1.29 is 14.7 Å². The molecule has 5 heteroatoms. The number of allylic oxidation sites excluding steroid dienone is 1. The highest BCUT2D eigenvalue weighted by atomic mass is 16.6. The summed E-state index contributed by atoms with van der Waals surface area (Å²) in [6.07, 6.45) is 1.42. The Bertz CT molecular complexity index is 334. The van der Waals surface area contributed by atoms with E-state index in [9.17, 15) is 4.79 Å². The van der Waals surface area contributed by atoms with E-state index in [4.69, 9.17) is 15.7 Å². The number of carboxylic acids is 1. The maximum Gasteiger partial charge on any atom is 0.320 e. The molecule has 0 fully saturated rings. The van der Waals surface area contributed by atoms with Crippen LogP contribution >= 0.6 is 0 Å². The fraction of sp³-hybridized carbons (Fsp3) is 0.400. The second kappa shape index (κ2) is 4.75. The van der Waals surface area contributed by atoms with Gasteiger partial charge in [0.2, 0.25) is 0 Å². The Morgan fingerprint density at radius 1 is 1.67 bits per heavy atom. The minimum Gasteiger partial charge on any atom is -0.480 e. The van der Waals surface area contributed by atoms with Crippen LogP contribution in [0.5, 0.6) is 0 Å². The quantitative estimate of drug-likeness (QED) is 0.725. The predicted molar refractivity (Wildman–Crippen MR) is 56.3 cm³/mol. The number of nitrogens with two attached hydrogens (primary N) is 1. The van der Waals surface area contributed by atoms with Crippen LogP contribution in [-0.2, 0) is 9.63 Å². The van der Waals surface area contributed by atoms with Gasteiger partial charge in [0.25, 0.3) is 0 Å². The van der Waals surface area contributed by atoms with Crippen molar-refractivity contribution in [1.82, 2.24) is 0 Å². The molecule has 0 aromatic rings. The van der Waals surface area contributed by atoms with E-state index in [2.05, 4.69) is 18.3 Å². The molecule has 0 unspecified atom stereocenters. The van der Waals surface area contributed by atoms with Crippen LogP contribution in [0.4, 0.5) is 0 Å². The first-order valence-electron chi connectivity index (χ1n) is 4.59. The Kier molecular flexibility index (Phi) is 3.62. The summed E-state index contributed by atoms with van der Waals surface area (Å²) in [4.78, 5) is 15.4. The molecule has 1 atom stereocenters. The van der Waals surface area contributed by atoms with E-state index in [1.165, 1.54) is 0 Å². The fourth-order valence-electron chi connectivity index (χ4n) is 1.14. The van der Waals surface area contributed by atoms with Crippen molar-refractivity contribution in [2.45, 2.75) is 25.3 Å². The first-order chi connectivity index (χ1) is 7.00. The average Bonchev–Trinajstić information content (AvgIpc) is 2.19. The molecule has 0 bridgehead atoms. The molecular weight excluding hydrogens is 196 g/mol. The molecule has 0 spiro atoms. The highest BCUT2D eigenvalue weighted by Crippen LogP contribution is 2.20. The summed E-state index contributed by atoms with van der Waals surface area (Å²) in [6.45, 7) is 7.36. The molecule has 0 aliphatic carbocycles. The minimum absolute atomic E-state index is 0.345. The number of rotatable bonds is 4. The standard InChI is InChI=1S/C10H14N2O3/c1-6-5-8(12-15-7(6)2)3-4-9(11)10(13)14/h9H,1-5,11H2,(H,13,14)/t9-/m0/s1. The first-order valence-corrected chi connectivity index (χ1v) is 4.59. The van der Waals surface area contributed by atoms with Crippen molar-refractivity contribution in [1.29, 1.82) is 0 Å². The molecule has 0 aromatic heterocycles. The Hall–Kier alpha value is -1.62. The third kappa shape index (κ3) is 3.21. The lowest BCUT2D eigenvalue weighted by Gasteiger charge is -2.16. The zero-order chi connectivity index (χ0) is 11.4. The molecule has 3 N–H and O–H groups in total. The topological polar surface area (TPSA) is 84.9 Å². The number of oxime groups is 1. The molecule has 1 rings (SSSR count). The van der Waals surface area contributed by atoms with Gasteiger partial charge >= 0.3 is 5.97 Å². The van der Waals surface area contributed by atoms with Gasteiger partial charge in [-0.15, -0.1) is 0 Å².